The summed E-state index contributed by atoms with van der Waals surface area (Å²) in [5.41, 5.74) is 4.07. The van der Waals surface area contributed by atoms with Crippen molar-refractivity contribution >= 4 is 40.0 Å². The highest BCUT2D eigenvalue weighted by Crippen LogP contribution is 2.36. The van der Waals surface area contributed by atoms with Gasteiger partial charge in [0.15, 0.2) is 11.0 Å². The number of carbonyl (C=O) groups excluding carboxylic acids is 2. The van der Waals surface area contributed by atoms with Crippen LogP contribution in [-0.4, -0.2) is 35.4 Å². The van der Waals surface area contributed by atoms with Gasteiger partial charge in [-0.15, -0.1) is 0 Å². The van der Waals surface area contributed by atoms with Crippen molar-refractivity contribution in [1.82, 2.24) is 10.2 Å². The van der Waals surface area contributed by atoms with Crippen LogP contribution in [0, 0.1) is 0 Å². The first-order valence-corrected chi connectivity index (χ1v) is 12.9. The molecular weight excluding hydrogens is 484 g/mol. The molecule has 3 aromatic rings. The topological polar surface area (TPSA) is 83.0 Å². The van der Waals surface area contributed by atoms with E-state index in [4.69, 9.17) is 9.73 Å². The first kappa shape index (κ1) is 26.0. The summed E-state index contributed by atoms with van der Waals surface area (Å²) >= 11 is 1.32. The minimum Gasteiger partial charge on any atom is -0.497 e. The van der Waals surface area contributed by atoms with Crippen LogP contribution in [0.4, 0.5) is 11.4 Å². The van der Waals surface area contributed by atoms with E-state index in [9.17, 15) is 9.59 Å². The summed E-state index contributed by atoms with van der Waals surface area (Å²) in [7, 11) is 1.64. The summed E-state index contributed by atoms with van der Waals surface area (Å²) in [6.45, 7) is 5.20. The number of ether oxygens (including phenoxy) is 1. The van der Waals surface area contributed by atoms with Crippen molar-refractivity contribution in [1.29, 1.82) is 0 Å². The fourth-order valence-corrected chi connectivity index (χ4v) is 4.73. The fraction of sp³-hybridized carbons (Fsp3) is 0.207. The molecule has 0 radical (unpaired) electrons. The Labute approximate surface area is 221 Å². The minimum atomic E-state index is -0.123. The van der Waals surface area contributed by atoms with Gasteiger partial charge < -0.3 is 15.4 Å². The number of nitrogens with zero attached hydrogens (tertiary/aromatic N) is 2. The van der Waals surface area contributed by atoms with Gasteiger partial charge in [0.05, 0.1) is 29.9 Å². The Balaban J connectivity index is 1.63. The van der Waals surface area contributed by atoms with Crippen molar-refractivity contribution in [2.24, 2.45) is 4.99 Å². The second-order valence-electron chi connectivity index (χ2n) is 8.43. The van der Waals surface area contributed by atoms with Gasteiger partial charge in [-0.2, -0.15) is 0 Å². The lowest BCUT2D eigenvalue weighted by molar-refractivity contribution is -0.122. The van der Waals surface area contributed by atoms with E-state index < -0.39 is 0 Å². The summed E-state index contributed by atoms with van der Waals surface area (Å²) in [6.07, 6.45) is 1.74. The SMILES string of the molecule is CCNc1ccc(C(C)=O)cc1N=C1SC(=CNCc2ccc(OC)cc2)C(=O)N1Cc1ccccc1. The maximum absolute atomic E-state index is 13.5. The molecule has 1 amide bonds. The number of aliphatic imine (C=N–C) groups is 1. The zero-order chi connectivity index (χ0) is 26.2. The Bertz CT molecular complexity index is 1320. The number of thioether (sulfide) groups is 1. The molecule has 0 aromatic heterocycles. The van der Waals surface area contributed by atoms with Crippen LogP contribution in [0.1, 0.15) is 35.3 Å². The summed E-state index contributed by atoms with van der Waals surface area (Å²) in [5.74, 6) is 0.637. The second-order valence-corrected chi connectivity index (χ2v) is 9.44. The predicted octanol–water partition coefficient (Wildman–Crippen LogP) is 5.72. The predicted molar refractivity (Wildman–Crippen MR) is 150 cm³/mol. The molecule has 7 nitrogen and oxygen atoms in total. The molecule has 0 unspecified atom stereocenters. The van der Waals surface area contributed by atoms with Crippen molar-refractivity contribution in [3.05, 3.63) is 101 Å². The zero-order valence-electron chi connectivity index (χ0n) is 21.2. The lowest BCUT2D eigenvalue weighted by atomic mass is 10.1. The molecule has 0 aliphatic carbocycles. The van der Waals surface area contributed by atoms with E-state index in [1.165, 1.54) is 18.7 Å². The number of Topliss-reactive ketones (excluding diaryl/α,β-unsaturated/α-hetero) is 1. The Hall–Kier alpha value is -4.04. The van der Waals surface area contributed by atoms with Crippen LogP contribution in [0.15, 0.2) is 88.9 Å². The molecule has 1 heterocycles. The molecule has 0 atom stereocenters. The standard InChI is InChI=1S/C29H30N4O3S/c1-4-31-25-15-12-23(20(2)34)16-26(25)32-29-33(19-22-8-6-5-7-9-22)28(35)27(37-29)18-30-17-21-10-13-24(36-3)14-11-21/h5-16,18,30-31H,4,17,19H2,1-3H3. The van der Waals surface area contributed by atoms with Gasteiger partial charge in [-0.3, -0.25) is 14.5 Å². The summed E-state index contributed by atoms with van der Waals surface area (Å²) in [5, 5.41) is 7.11. The number of nitrogens with one attached hydrogen (secondary N) is 2. The van der Waals surface area contributed by atoms with Crippen LogP contribution in [-0.2, 0) is 17.9 Å². The highest BCUT2D eigenvalue weighted by molar-refractivity contribution is 8.18. The maximum Gasteiger partial charge on any atom is 0.268 e. The number of carbonyl (C=O) groups is 2. The molecule has 8 heteroatoms. The number of benzene rings is 3. The monoisotopic (exact) mass is 514 g/mol. The smallest absolute Gasteiger partial charge is 0.268 e. The quantitative estimate of drug-likeness (QED) is 0.266. The third kappa shape index (κ3) is 6.59. The van der Waals surface area contributed by atoms with Gasteiger partial charge in [0.2, 0.25) is 0 Å². The number of hydrogen-bond acceptors (Lipinski definition) is 7. The molecule has 0 bridgehead atoms. The molecule has 37 heavy (non-hydrogen) atoms. The molecule has 3 aromatic carbocycles. The van der Waals surface area contributed by atoms with Crippen LogP contribution < -0.4 is 15.4 Å². The van der Waals surface area contributed by atoms with Gasteiger partial charge in [0, 0.05) is 24.9 Å². The first-order chi connectivity index (χ1) is 18.0. The van der Waals surface area contributed by atoms with E-state index in [1.54, 1.807) is 30.3 Å². The molecule has 1 fully saturated rings. The van der Waals surface area contributed by atoms with Crippen LogP contribution in [0.2, 0.25) is 0 Å². The third-order valence-corrected chi connectivity index (χ3v) is 6.76. The largest absolute Gasteiger partial charge is 0.497 e. The molecular formula is C29H30N4O3S. The Morgan fingerprint density at radius 3 is 2.49 bits per heavy atom. The van der Waals surface area contributed by atoms with Crippen LogP contribution in [0.25, 0.3) is 0 Å². The van der Waals surface area contributed by atoms with E-state index >= 15 is 0 Å². The number of amidine groups is 1. The van der Waals surface area contributed by atoms with Gasteiger partial charge in [-0.05, 0) is 67.1 Å². The molecule has 190 valence electrons. The van der Waals surface area contributed by atoms with Crippen LogP contribution >= 0.6 is 11.8 Å². The van der Waals surface area contributed by atoms with Crippen molar-refractivity contribution in [3.63, 3.8) is 0 Å². The van der Waals surface area contributed by atoms with Gasteiger partial charge in [0.1, 0.15) is 5.75 Å². The van der Waals surface area contributed by atoms with Crippen LogP contribution in [0.3, 0.4) is 0 Å². The fourth-order valence-electron chi connectivity index (χ4n) is 3.79. The first-order valence-electron chi connectivity index (χ1n) is 12.1. The third-order valence-electron chi connectivity index (χ3n) is 5.76. The molecule has 4 rings (SSSR count). The van der Waals surface area contributed by atoms with E-state index in [1.807, 2.05) is 67.6 Å². The highest BCUT2D eigenvalue weighted by atomic mass is 32.2. The highest BCUT2D eigenvalue weighted by Gasteiger charge is 2.33. The van der Waals surface area contributed by atoms with Crippen molar-refractivity contribution in [3.8, 4) is 5.75 Å². The van der Waals surface area contributed by atoms with Gasteiger partial charge in [-0.1, -0.05) is 42.5 Å². The minimum absolute atomic E-state index is 0.0379. The number of methoxy groups -OCH3 is 1. The van der Waals surface area contributed by atoms with Crippen molar-refractivity contribution < 1.29 is 14.3 Å². The van der Waals surface area contributed by atoms with E-state index in [0.29, 0.717) is 41.0 Å². The Kier molecular flexibility index (Phi) is 8.64. The van der Waals surface area contributed by atoms with E-state index in [2.05, 4.69) is 10.6 Å². The van der Waals surface area contributed by atoms with Crippen molar-refractivity contribution in [2.75, 3.05) is 19.0 Å². The summed E-state index contributed by atoms with van der Waals surface area (Å²) in [6, 6.07) is 23.0. The molecule has 1 aliphatic heterocycles. The molecule has 0 saturated carbocycles. The average Bonchev–Trinajstić information content (AvgIpc) is 3.19. The maximum atomic E-state index is 13.5. The zero-order valence-corrected chi connectivity index (χ0v) is 22.0. The average molecular weight is 515 g/mol. The summed E-state index contributed by atoms with van der Waals surface area (Å²) in [4.78, 5) is 32.6. The second kappa shape index (κ2) is 12.3. The van der Waals surface area contributed by atoms with E-state index in [-0.39, 0.29) is 11.7 Å². The lowest BCUT2D eigenvalue weighted by Gasteiger charge is -2.16. The Morgan fingerprint density at radius 1 is 1.05 bits per heavy atom. The normalized spacial score (nSPS) is 15.3. The molecule has 2 N–H and O–H groups in total. The number of hydrogen-bond donors (Lipinski definition) is 2. The number of ketones is 1. The lowest BCUT2D eigenvalue weighted by Crippen LogP contribution is -2.28. The molecule has 1 saturated heterocycles. The van der Waals surface area contributed by atoms with Crippen molar-refractivity contribution in [2.45, 2.75) is 26.9 Å². The number of anilines is 1. The summed E-state index contributed by atoms with van der Waals surface area (Å²) < 4.78 is 5.21. The van der Waals surface area contributed by atoms with Gasteiger partial charge >= 0.3 is 0 Å². The molecule has 0 spiro atoms. The van der Waals surface area contributed by atoms with E-state index in [0.717, 1.165) is 22.6 Å². The number of rotatable bonds is 10. The van der Waals surface area contributed by atoms with Crippen LogP contribution in [0.5, 0.6) is 5.75 Å². The van der Waals surface area contributed by atoms with Gasteiger partial charge in [0.25, 0.3) is 5.91 Å². The molecule has 1 aliphatic rings. The number of amides is 1. The Morgan fingerprint density at radius 2 is 1.81 bits per heavy atom. The van der Waals surface area contributed by atoms with Gasteiger partial charge in [-0.25, -0.2) is 4.99 Å².